The molecule has 0 heterocycles. The summed E-state index contributed by atoms with van der Waals surface area (Å²) in [6, 6.07) is 1.09. The van der Waals surface area contributed by atoms with Gasteiger partial charge in [-0.2, -0.15) is 22.2 Å². The third kappa shape index (κ3) is 30.8. The van der Waals surface area contributed by atoms with E-state index in [4.69, 9.17) is 27.3 Å². The number of hydrogen-bond acceptors (Lipinski definition) is 1. The van der Waals surface area contributed by atoms with Gasteiger partial charge in [0.25, 0.3) is 0 Å². The summed E-state index contributed by atoms with van der Waals surface area (Å²) in [7, 11) is -1.34. The van der Waals surface area contributed by atoms with Crippen LogP contribution in [0.5, 0.6) is 0 Å². The highest BCUT2D eigenvalue weighted by molar-refractivity contribution is 7.33. The van der Waals surface area contributed by atoms with Gasteiger partial charge in [0, 0.05) is 6.61 Å². The van der Waals surface area contributed by atoms with Crippen LogP contribution in [0.4, 0.5) is 0 Å². The second kappa shape index (κ2) is 29.8. The minimum atomic E-state index is -1.34. The zero-order valence-electron chi connectivity index (χ0n) is 21.6. The second-order valence-electron chi connectivity index (χ2n) is 10.1. The fraction of sp³-hybridized carbons (Fsp3) is 1.00. The molecule has 1 N–H and O–H groups in total. The molecule has 0 saturated carbocycles. The van der Waals surface area contributed by atoms with Crippen LogP contribution in [0.2, 0.25) is 6.04 Å². The van der Waals surface area contributed by atoms with Crippen LogP contribution in [-0.4, -0.2) is 19.1 Å². The summed E-state index contributed by atoms with van der Waals surface area (Å²) in [5.74, 6) is 0. The Labute approximate surface area is 213 Å². The Balaban J connectivity index is 3.00. The molecule has 0 spiro atoms. The number of rotatable bonds is 28. The van der Waals surface area contributed by atoms with Gasteiger partial charge in [0.1, 0.15) is 0 Å². The average Bonchev–Trinajstić information content (AvgIpc) is 2.78. The molecule has 1 nitrogen and oxygen atoms in total. The minimum Gasteiger partial charge on any atom is -0.396 e. The molecule has 0 aliphatic rings. The first-order valence-corrected chi connectivity index (χ1v) is 19.0. The molecule has 0 aromatic carbocycles. The van der Waals surface area contributed by atoms with E-state index < -0.39 is 7.42 Å². The summed E-state index contributed by atoms with van der Waals surface area (Å²) < 4.78 is 0. The smallest absolute Gasteiger partial charge is 0.237 e. The van der Waals surface area contributed by atoms with Crippen molar-refractivity contribution < 1.29 is 5.11 Å². The van der Waals surface area contributed by atoms with E-state index in [1.807, 2.05) is 0 Å². The Morgan fingerprint density at radius 3 is 0.688 bits per heavy atom. The van der Waals surface area contributed by atoms with Crippen LogP contribution in [0.15, 0.2) is 0 Å². The van der Waals surface area contributed by atoms with E-state index in [-0.39, 0.29) is 0 Å². The molecule has 0 radical (unpaired) electrons. The van der Waals surface area contributed by atoms with Gasteiger partial charge in [-0.1, -0.05) is 161 Å². The lowest BCUT2D eigenvalue weighted by molar-refractivity contribution is 0.282. The molecule has 4 heteroatoms. The third-order valence-corrected chi connectivity index (χ3v) is 8.98. The predicted octanol–water partition coefficient (Wildman–Crippen LogP) is 10.8. The summed E-state index contributed by atoms with van der Waals surface area (Å²) in [4.78, 5) is 0. The number of hydrogen-bond donors (Lipinski definition) is 1. The van der Waals surface area contributed by atoms with Gasteiger partial charge in [-0.25, -0.2) is 0 Å². The van der Waals surface area contributed by atoms with Crippen LogP contribution in [0, 0.1) is 0 Å². The topological polar surface area (TPSA) is 20.2 Å². The highest BCUT2D eigenvalue weighted by Gasteiger charge is 2.00. The Kier molecular flexibility index (Phi) is 30.5. The van der Waals surface area contributed by atoms with E-state index in [1.165, 1.54) is 161 Å². The van der Waals surface area contributed by atoms with Gasteiger partial charge >= 0.3 is 0 Å². The standard InChI is InChI=1S/C28H58Cl2OSi/c29-32(30)28-26-24-22-20-18-16-14-12-10-8-6-4-2-1-3-5-7-9-11-13-15-17-19-21-23-25-27-31/h31-32H,1-28H2. The Hall–Kier alpha value is 0.757. The van der Waals surface area contributed by atoms with Gasteiger partial charge in [0.05, 0.1) is 0 Å². The van der Waals surface area contributed by atoms with Gasteiger partial charge in [-0.15, -0.1) is 0 Å². The molecule has 0 aliphatic heterocycles. The van der Waals surface area contributed by atoms with Gasteiger partial charge in [0.2, 0.25) is 7.42 Å². The second-order valence-corrected chi connectivity index (χ2v) is 15.3. The van der Waals surface area contributed by atoms with E-state index in [0.717, 1.165) is 12.5 Å². The summed E-state index contributed by atoms with van der Waals surface area (Å²) in [6.45, 7) is 0.370. The van der Waals surface area contributed by atoms with Crippen molar-refractivity contribution in [3.8, 4) is 0 Å². The summed E-state index contributed by atoms with van der Waals surface area (Å²) in [5.41, 5.74) is 0. The van der Waals surface area contributed by atoms with Crippen molar-refractivity contribution in [2.24, 2.45) is 0 Å². The molecule has 32 heavy (non-hydrogen) atoms. The van der Waals surface area contributed by atoms with E-state index in [1.54, 1.807) is 0 Å². The number of aliphatic hydroxyl groups excluding tert-OH is 1. The monoisotopic (exact) mass is 508 g/mol. The van der Waals surface area contributed by atoms with Gasteiger partial charge in [-0.05, 0) is 12.5 Å². The molecular formula is C28H58Cl2OSi. The van der Waals surface area contributed by atoms with Crippen LogP contribution >= 0.6 is 22.2 Å². The lowest BCUT2D eigenvalue weighted by atomic mass is 10.0. The zero-order chi connectivity index (χ0) is 23.4. The molecule has 0 aliphatic carbocycles. The number of unbranched alkanes of at least 4 members (excludes halogenated alkanes) is 25. The fourth-order valence-electron chi connectivity index (χ4n) is 4.65. The SMILES string of the molecule is OCCCCCCCCCCCCCCCCCCCCCCCCCCCC[SiH](Cl)Cl. The van der Waals surface area contributed by atoms with Crippen molar-refractivity contribution in [3.63, 3.8) is 0 Å². The van der Waals surface area contributed by atoms with Gasteiger partial charge in [0.15, 0.2) is 0 Å². The Bertz CT molecular complexity index is 329. The molecule has 0 bridgehead atoms. The number of aliphatic hydroxyl groups is 1. The van der Waals surface area contributed by atoms with Gasteiger partial charge in [-0.3, -0.25) is 0 Å². The molecule has 0 aromatic rings. The van der Waals surface area contributed by atoms with Crippen LogP contribution in [0.25, 0.3) is 0 Å². The van der Waals surface area contributed by atoms with Gasteiger partial charge < -0.3 is 5.11 Å². The molecule has 0 aromatic heterocycles. The van der Waals surface area contributed by atoms with Crippen LogP contribution < -0.4 is 0 Å². The molecule has 0 rings (SSSR count). The molecule has 0 atom stereocenters. The number of halogens is 2. The third-order valence-electron chi connectivity index (χ3n) is 6.83. The first kappa shape index (κ1) is 32.8. The summed E-state index contributed by atoms with van der Waals surface area (Å²) in [6.07, 6.45) is 36.3. The average molecular weight is 510 g/mol. The molecule has 0 saturated heterocycles. The quantitative estimate of drug-likeness (QED) is 0.0631. The van der Waals surface area contributed by atoms with Crippen molar-refractivity contribution in [2.75, 3.05) is 6.61 Å². The van der Waals surface area contributed by atoms with E-state index in [9.17, 15) is 0 Å². The molecule has 0 fully saturated rings. The van der Waals surface area contributed by atoms with E-state index in [0.29, 0.717) is 6.61 Å². The maximum Gasteiger partial charge on any atom is 0.237 e. The van der Waals surface area contributed by atoms with Crippen LogP contribution in [-0.2, 0) is 0 Å². The van der Waals surface area contributed by atoms with Crippen molar-refractivity contribution in [3.05, 3.63) is 0 Å². The van der Waals surface area contributed by atoms with Crippen molar-refractivity contribution >= 4 is 29.6 Å². The minimum absolute atomic E-state index is 0.370. The van der Waals surface area contributed by atoms with E-state index in [2.05, 4.69) is 0 Å². The summed E-state index contributed by atoms with van der Waals surface area (Å²) >= 11 is 11.8. The van der Waals surface area contributed by atoms with E-state index >= 15 is 0 Å². The first-order valence-electron chi connectivity index (χ1n) is 14.7. The summed E-state index contributed by atoms with van der Waals surface area (Å²) in [5, 5.41) is 8.76. The largest absolute Gasteiger partial charge is 0.396 e. The highest BCUT2D eigenvalue weighted by Crippen LogP contribution is 2.16. The Morgan fingerprint density at radius 1 is 0.312 bits per heavy atom. The lowest BCUT2D eigenvalue weighted by Crippen LogP contribution is -1.91. The molecular weight excluding hydrogens is 451 g/mol. The molecule has 0 unspecified atom stereocenters. The highest BCUT2D eigenvalue weighted by atomic mass is 35.7. The van der Waals surface area contributed by atoms with Crippen LogP contribution in [0.1, 0.15) is 167 Å². The Morgan fingerprint density at radius 2 is 0.500 bits per heavy atom. The normalized spacial score (nSPS) is 11.6. The zero-order valence-corrected chi connectivity index (χ0v) is 24.2. The molecule has 194 valence electrons. The lowest BCUT2D eigenvalue weighted by Gasteiger charge is -2.04. The molecule has 0 amide bonds. The van der Waals surface area contributed by atoms with Crippen LogP contribution in [0.3, 0.4) is 0 Å². The van der Waals surface area contributed by atoms with Crippen molar-refractivity contribution in [1.82, 2.24) is 0 Å². The maximum absolute atomic E-state index is 8.76. The first-order chi connectivity index (χ1) is 15.8. The predicted molar refractivity (Wildman–Crippen MR) is 151 cm³/mol. The van der Waals surface area contributed by atoms with Crippen molar-refractivity contribution in [1.29, 1.82) is 0 Å². The fourth-order valence-corrected chi connectivity index (χ4v) is 6.18. The maximum atomic E-state index is 8.76. The van der Waals surface area contributed by atoms with Crippen molar-refractivity contribution in [2.45, 2.75) is 173 Å².